The highest BCUT2D eigenvalue weighted by Crippen LogP contribution is 2.14. The number of sulfonamides is 1. The molecular formula is C13H20BrNO2S. The van der Waals surface area contributed by atoms with Crippen LogP contribution in [0.4, 0.5) is 0 Å². The molecule has 0 atom stereocenters. The molecule has 0 aliphatic rings. The van der Waals surface area contributed by atoms with E-state index >= 15 is 0 Å². The first-order chi connectivity index (χ1) is 8.47. The maximum absolute atomic E-state index is 12.4. The number of hydrogen-bond donors (Lipinski definition) is 0. The van der Waals surface area contributed by atoms with Crippen molar-refractivity contribution in [3.05, 3.63) is 35.9 Å². The number of hydrogen-bond acceptors (Lipinski definition) is 2. The van der Waals surface area contributed by atoms with Crippen molar-refractivity contribution in [2.75, 3.05) is 11.9 Å². The van der Waals surface area contributed by atoms with Crippen LogP contribution in [0.3, 0.4) is 0 Å². The predicted octanol–water partition coefficient (Wildman–Crippen LogP) is 3.01. The van der Waals surface area contributed by atoms with Crippen molar-refractivity contribution in [1.82, 2.24) is 4.31 Å². The van der Waals surface area contributed by atoms with Crippen molar-refractivity contribution < 1.29 is 8.42 Å². The van der Waals surface area contributed by atoms with E-state index in [9.17, 15) is 8.42 Å². The van der Waals surface area contributed by atoms with Gasteiger partial charge in [-0.2, -0.15) is 4.31 Å². The number of rotatable bonds is 7. The van der Waals surface area contributed by atoms with Crippen LogP contribution in [0, 0.1) is 0 Å². The number of halogens is 1. The third kappa shape index (κ3) is 4.71. The Balaban J connectivity index is 2.82. The van der Waals surface area contributed by atoms with Crippen molar-refractivity contribution in [1.29, 1.82) is 0 Å². The average Bonchev–Trinajstić information content (AvgIpc) is 2.29. The monoisotopic (exact) mass is 333 g/mol. The lowest BCUT2D eigenvalue weighted by Gasteiger charge is -2.25. The standard InChI is InChI=1S/C13H20BrNO2S/c1-12(2)15(10-6-9-14)18(16,17)11-13-7-4-3-5-8-13/h3-5,7-8,12H,6,9-11H2,1-2H3. The molecule has 0 aromatic heterocycles. The summed E-state index contributed by atoms with van der Waals surface area (Å²) < 4.78 is 26.3. The molecule has 0 fully saturated rings. The molecule has 0 N–H and O–H groups in total. The highest BCUT2D eigenvalue weighted by atomic mass is 79.9. The number of alkyl halides is 1. The van der Waals surface area contributed by atoms with E-state index in [0.29, 0.717) is 6.54 Å². The van der Waals surface area contributed by atoms with Gasteiger partial charge in [-0.15, -0.1) is 0 Å². The van der Waals surface area contributed by atoms with Crippen molar-refractivity contribution in [2.45, 2.75) is 32.1 Å². The SMILES string of the molecule is CC(C)N(CCCBr)S(=O)(=O)Cc1ccccc1. The molecule has 0 saturated carbocycles. The van der Waals surface area contributed by atoms with Gasteiger partial charge in [0.15, 0.2) is 0 Å². The van der Waals surface area contributed by atoms with Gasteiger partial charge in [-0.25, -0.2) is 8.42 Å². The Morgan fingerprint density at radius 1 is 1.22 bits per heavy atom. The maximum atomic E-state index is 12.4. The molecule has 18 heavy (non-hydrogen) atoms. The lowest BCUT2D eigenvalue weighted by atomic mass is 10.2. The molecule has 0 aliphatic carbocycles. The first kappa shape index (κ1) is 15.7. The molecule has 1 aromatic carbocycles. The largest absolute Gasteiger partial charge is 0.218 e. The summed E-state index contributed by atoms with van der Waals surface area (Å²) in [6, 6.07) is 9.31. The number of benzene rings is 1. The van der Waals surface area contributed by atoms with Gasteiger partial charge in [0.1, 0.15) is 0 Å². The average molecular weight is 334 g/mol. The lowest BCUT2D eigenvalue weighted by Crippen LogP contribution is -2.38. The van der Waals surface area contributed by atoms with Gasteiger partial charge in [-0.1, -0.05) is 46.3 Å². The first-order valence-corrected chi connectivity index (χ1v) is 8.80. The van der Waals surface area contributed by atoms with Gasteiger partial charge in [-0.3, -0.25) is 0 Å². The van der Waals surface area contributed by atoms with Crippen LogP contribution in [0.15, 0.2) is 30.3 Å². The highest BCUT2D eigenvalue weighted by Gasteiger charge is 2.24. The Labute approximate surface area is 118 Å². The van der Waals surface area contributed by atoms with E-state index in [1.54, 1.807) is 4.31 Å². The molecule has 0 heterocycles. The third-order valence-electron chi connectivity index (χ3n) is 2.64. The Kier molecular flexibility index (Phi) is 6.32. The van der Waals surface area contributed by atoms with Gasteiger partial charge in [0.25, 0.3) is 0 Å². The fourth-order valence-corrected chi connectivity index (χ4v) is 3.88. The molecule has 102 valence electrons. The van der Waals surface area contributed by atoms with Crippen LogP contribution in [-0.4, -0.2) is 30.6 Å². The van der Waals surface area contributed by atoms with Gasteiger partial charge in [0.2, 0.25) is 10.0 Å². The van der Waals surface area contributed by atoms with E-state index in [1.807, 2.05) is 44.2 Å². The molecule has 0 spiro atoms. The third-order valence-corrected chi connectivity index (χ3v) is 5.21. The van der Waals surface area contributed by atoms with E-state index in [2.05, 4.69) is 15.9 Å². The molecule has 0 bridgehead atoms. The Morgan fingerprint density at radius 3 is 2.33 bits per heavy atom. The Hall–Kier alpha value is -0.390. The number of nitrogens with zero attached hydrogens (tertiary/aromatic N) is 1. The van der Waals surface area contributed by atoms with Gasteiger partial charge in [0.05, 0.1) is 5.75 Å². The Morgan fingerprint density at radius 2 is 1.83 bits per heavy atom. The second-order valence-electron chi connectivity index (χ2n) is 4.49. The topological polar surface area (TPSA) is 37.4 Å². The van der Waals surface area contributed by atoms with E-state index in [4.69, 9.17) is 0 Å². The summed E-state index contributed by atoms with van der Waals surface area (Å²) in [6.45, 7) is 4.39. The van der Waals surface area contributed by atoms with Crippen LogP contribution in [0.5, 0.6) is 0 Å². The van der Waals surface area contributed by atoms with Crippen LogP contribution in [0.1, 0.15) is 25.8 Å². The Bertz CT molecular complexity index is 445. The van der Waals surface area contributed by atoms with Crippen LogP contribution in [0.2, 0.25) is 0 Å². The molecule has 0 amide bonds. The molecule has 0 saturated heterocycles. The van der Waals surface area contributed by atoms with Crippen molar-refractivity contribution in [3.63, 3.8) is 0 Å². The van der Waals surface area contributed by atoms with Gasteiger partial charge < -0.3 is 0 Å². The summed E-state index contributed by atoms with van der Waals surface area (Å²) in [5, 5.41) is 0.817. The quantitative estimate of drug-likeness (QED) is 0.719. The van der Waals surface area contributed by atoms with Crippen molar-refractivity contribution >= 4 is 26.0 Å². The normalized spacial score (nSPS) is 12.3. The minimum atomic E-state index is -3.23. The van der Waals surface area contributed by atoms with E-state index < -0.39 is 10.0 Å². The van der Waals surface area contributed by atoms with Crippen LogP contribution in [0.25, 0.3) is 0 Å². The van der Waals surface area contributed by atoms with Crippen LogP contribution >= 0.6 is 15.9 Å². The van der Waals surface area contributed by atoms with Gasteiger partial charge >= 0.3 is 0 Å². The second-order valence-corrected chi connectivity index (χ2v) is 7.20. The summed E-state index contributed by atoms with van der Waals surface area (Å²) in [6.07, 6.45) is 0.826. The summed E-state index contributed by atoms with van der Waals surface area (Å²) in [5.74, 6) is 0.0777. The van der Waals surface area contributed by atoms with Crippen molar-refractivity contribution in [3.8, 4) is 0 Å². The van der Waals surface area contributed by atoms with Gasteiger partial charge in [-0.05, 0) is 25.8 Å². The summed E-state index contributed by atoms with van der Waals surface area (Å²) >= 11 is 3.34. The zero-order valence-electron chi connectivity index (χ0n) is 10.8. The zero-order chi connectivity index (χ0) is 13.6. The van der Waals surface area contributed by atoms with Crippen LogP contribution in [-0.2, 0) is 15.8 Å². The first-order valence-electron chi connectivity index (χ1n) is 6.07. The minimum absolute atomic E-state index is 0.00207. The van der Waals surface area contributed by atoms with E-state index in [0.717, 1.165) is 17.3 Å². The van der Waals surface area contributed by atoms with Crippen LogP contribution < -0.4 is 0 Å². The minimum Gasteiger partial charge on any atom is -0.212 e. The lowest BCUT2D eigenvalue weighted by molar-refractivity contribution is 0.355. The second kappa shape index (κ2) is 7.26. The van der Waals surface area contributed by atoms with E-state index in [1.165, 1.54) is 0 Å². The molecule has 0 radical (unpaired) electrons. The molecular weight excluding hydrogens is 314 g/mol. The fraction of sp³-hybridized carbons (Fsp3) is 0.538. The highest BCUT2D eigenvalue weighted by molar-refractivity contribution is 9.09. The zero-order valence-corrected chi connectivity index (χ0v) is 13.2. The molecule has 1 aromatic rings. The summed E-state index contributed by atoms with van der Waals surface area (Å²) in [5.41, 5.74) is 0.835. The smallest absolute Gasteiger partial charge is 0.212 e. The molecule has 1 rings (SSSR count). The van der Waals surface area contributed by atoms with E-state index in [-0.39, 0.29) is 11.8 Å². The molecule has 0 unspecified atom stereocenters. The molecule has 5 heteroatoms. The predicted molar refractivity (Wildman–Crippen MR) is 79.3 cm³/mol. The maximum Gasteiger partial charge on any atom is 0.218 e. The molecule has 3 nitrogen and oxygen atoms in total. The summed E-state index contributed by atoms with van der Waals surface area (Å²) in [7, 11) is -3.23. The van der Waals surface area contributed by atoms with Gasteiger partial charge in [0, 0.05) is 17.9 Å². The fourth-order valence-electron chi connectivity index (χ4n) is 1.80. The van der Waals surface area contributed by atoms with Crippen molar-refractivity contribution in [2.24, 2.45) is 0 Å². The summed E-state index contributed by atoms with van der Waals surface area (Å²) in [4.78, 5) is 0. The molecule has 0 aliphatic heterocycles.